The summed E-state index contributed by atoms with van der Waals surface area (Å²) in [5, 5.41) is 0.448. The molecule has 3 aromatic carbocycles. The summed E-state index contributed by atoms with van der Waals surface area (Å²) in [4.78, 5) is 55.5. The maximum Gasteiger partial charge on any atom is 0.241 e. The van der Waals surface area contributed by atoms with Crippen molar-refractivity contribution in [2.24, 2.45) is 11.8 Å². The normalized spacial score (nSPS) is 24.8. The minimum absolute atomic E-state index is 0.0322. The lowest BCUT2D eigenvalue weighted by molar-refractivity contribution is -0.127. The van der Waals surface area contributed by atoms with E-state index in [9.17, 15) is 23.6 Å². The molecule has 8 heteroatoms. The van der Waals surface area contributed by atoms with Gasteiger partial charge < -0.3 is 4.74 Å². The van der Waals surface area contributed by atoms with E-state index in [-0.39, 0.29) is 16.8 Å². The number of carbonyl (C=O) groups excluding carboxylic acids is 4. The molecule has 2 heterocycles. The summed E-state index contributed by atoms with van der Waals surface area (Å²) in [6.07, 6.45) is -1.06. The highest BCUT2D eigenvalue weighted by Crippen LogP contribution is 2.57. The molecule has 0 saturated carbocycles. The predicted octanol–water partition coefficient (Wildman–Crippen LogP) is 4.17. The Morgan fingerprint density at radius 1 is 0.824 bits per heavy atom. The van der Waals surface area contributed by atoms with E-state index in [1.165, 1.54) is 30.3 Å². The number of rotatable bonds is 2. The van der Waals surface area contributed by atoms with E-state index in [2.05, 4.69) is 0 Å². The first-order valence-electron chi connectivity index (χ1n) is 10.6. The van der Waals surface area contributed by atoms with Crippen LogP contribution in [0.5, 0.6) is 0 Å². The summed E-state index contributed by atoms with van der Waals surface area (Å²) in [5.74, 6) is -5.91. The van der Waals surface area contributed by atoms with E-state index in [1.54, 1.807) is 36.4 Å². The number of benzene rings is 3. The highest BCUT2D eigenvalue weighted by Gasteiger charge is 2.74. The molecular formula is C26H15ClFNO5. The standard InChI is InChI=1S/C26H15ClFNO5/c27-14-10-8-13(9-11-14)21-19-20(25(33)29(24(19)32)16-5-3-4-15(28)12-16)26(34-21)22(30)17-6-1-2-7-18(17)23(26)31/h1-12,19-21H/t19-,20+,21+/m0/s1. The van der Waals surface area contributed by atoms with Crippen molar-refractivity contribution in [1.29, 1.82) is 0 Å². The van der Waals surface area contributed by atoms with E-state index >= 15 is 0 Å². The molecule has 6 rings (SSSR count). The summed E-state index contributed by atoms with van der Waals surface area (Å²) < 4.78 is 20.1. The van der Waals surface area contributed by atoms with Crippen LogP contribution in [0.4, 0.5) is 10.1 Å². The van der Waals surface area contributed by atoms with Gasteiger partial charge in [0.15, 0.2) is 0 Å². The van der Waals surface area contributed by atoms with Gasteiger partial charge in [0.2, 0.25) is 29.0 Å². The van der Waals surface area contributed by atoms with Gasteiger partial charge in [0.1, 0.15) is 5.82 Å². The van der Waals surface area contributed by atoms with Crippen LogP contribution in [-0.2, 0) is 14.3 Å². The number of amides is 2. The van der Waals surface area contributed by atoms with E-state index in [0.29, 0.717) is 10.6 Å². The number of carbonyl (C=O) groups is 4. The zero-order valence-electron chi connectivity index (χ0n) is 17.4. The van der Waals surface area contributed by atoms with Crippen LogP contribution in [-0.4, -0.2) is 29.0 Å². The van der Waals surface area contributed by atoms with Crippen molar-refractivity contribution in [2.45, 2.75) is 11.7 Å². The second kappa shape index (κ2) is 7.16. The van der Waals surface area contributed by atoms with Gasteiger partial charge in [-0.05, 0) is 35.9 Å². The van der Waals surface area contributed by atoms with Gasteiger partial charge in [-0.2, -0.15) is 0 Å². The van der Waals surface area contributed by atoms with Crippen LogP contribution in [0.25, 0.3) is 0 Å². The van der Waals surface area contributed by atoms with E-state index in [0.717, 1.165) is 11.0 Å². The highest BCUT2D eigenvalue weighted by atomic mass is 35.5. The van der Waals surface area contributed by atoms with Gasteiger partial charge in [-0.25, -0.2) is 9.29 Å². The molecule has 34 heavy (non-hydrogen) atoms. The van der Waals surface area contributed by atoms with E-state index < -0.39 is 52.7 Å². The van der Waals surface area contributed by atoms with Crippen LogP contribution in [0.1, 0.15) is 32.4 Å². The number of imide groups is 1. The molecule has 2 fully saturated rings. The molecule has 1 aliphatic carbocycles. The van der Waals surface area contributed by atoms with Crippen molar-refractivity contribution < 1.29 is 28.3 Å². The summed E-state index contributed by atoms with van der Waals surface area (Å²) in [5.41, 5.74) is -1.35. The molecule has 3 aliphatic rings. The molecule has 2 amide bonds. The second-order valence-corrected chi connectivity index (χ2v) is 8.96. The van der Waals surface area contributed by atoms with Gasteiger partial charge >= 0.3 is 0 Å². The number of halogens is 2. The van der Waals surface area contributed by atoms with Gasteiger partial charge in [-0.3, -0.25) is 19.2 Å². The molecule has 3 atom stereocenters. The summed E-state index contributed by atoms with van der Waals surface area (Å²) in [6, 6.07) is 17.8. The van der Waals surface area contributed by atoms with Crippen molar-refractivity contribution in [2.75, 3.05) is 4.90 Å². The fourth-order valence-corrected chi connectivity index (χ4v) is 5.47. The van der Waals surface area contributed by atoms with Crippen LogP contribution in [0, 0.1) is 17.7 Å². The van der Waals surface area contributed by atoms with Crippen molar-refractivity contribution in [1.82, 2.24) is 0 Å². The Labute approximate surface area is 197 Å². The number of fused-ring (bicyclic) bond motifs is 3. The number of Topliss-reactive ketones (excluding diaryl/α,β-unsaturated/α-hetero) is 2. The molecule has 2 aliphatic heterocycles. The first kappa shape index (κ1) is 20.9. The third kappa shape index (κ3) is 2.59. The van der Waals surface area contributed by atoms with Crippen LogP contribution >= 0.6 is 11.6 Å². The average Bonchev–Trinajstić information content (AvgIpc) is 3.40. The molecule has 0 radical (unpaired) electrons. The van der Waals surface area contributed by atoms with E-state index in [1.807, 2.05) is 0 Å². The summed E-state index contributed by atoms with van der Waals surface area (Å²) >= 11 is 6.01. The van der Waals surface area contributed by atoms with Crippen LogP contribution in [0.15, 0.2) is 72.8 Å². The predicted molar refractivity (Wildman–Crippen MR) is 119 cm³/mol. The number of ketones is 2. The third-order valence-electron chi connectivity index (χ3n) is 6.78. The van der Waals surface area contributed by atoms with Gasteiger partial charge in [-0.15, -0.1) is 0 Å². The molecule has 0 aromatic heterocycles. The van der Waals surface area contributed by atoms with Gasteiger partial charge in [-0.1, -0.05) is 54.1 Å². The van der Waals surface area contributed by atoms with Crippen LogP contribution in [0.3, 0.4) is 0 Å². The first-order valence-corrected chi connectivity index (χ1v) is 11.0. The monoisotopic (exact) mass is 475 g/mol. The molecular weight excluding hydrogens is 461 g/mol. The van der Waals surface area contributed by atoms with E-state index in [4.69, 9.17) is 16.3 Å². The van der Waals surface area contributed by atoms with Crippen molar-refractivity contribution in [3.05, 3.63) is 100 Å². The summed E-state index contributed by atoms with van der Waals surface area (Å²) in [7, 11) is 0. The highest BCUT2D eigenvalue weighted by molar-refractivity contribution is 6.37. The number of hydrogen-bond donors (Lipinski definition) is 0. The molecule has 1 spiro atoms. The Kier molecular flexibility index (Phi) is 4.40. The number of ether oxygens (including phenoxy) is 1. The molecule has 0 N–H and O–H groups in total. The van der Waals surface area contributed by atoms with Gasteiger partial charge in [0.25, 0.3) is 0 Å². The lowest BCUT2D eigenvalue weighted by Crippen LogP contribution is -2.51. The van der Waals surface area contributed by atoms with Crippen molar-refractivity contribution in [3.8, 4) is 0 Å². The maximum absolute atomic E-state index is 13.9. The fraction of sp³-hybridized carbons (Fsp3) is 0.154. The minimum atomic E-state index is -2.17. The Morgan fingerprint density at radius 2 is 1.47 bits per heavy atom. The molecule has 0 bridgehead atoms. The Hall–Kier alpha value is -3.68. The fourth-order valence-electron chi connectivity index (χ4n) is 5.34. The SMILES string of the molecule is O=C1[C@@H]2[C@@H](c3ccc(Cl)cc3)OC3(C(=O)c4ccccc4C3=O)[C@H]2C(=O)N1c1cccc(F)c1. The zero-order valence-corrected chi connectivity index (χ0v) is 18.2. The van der Waals surface area contributed by atoms with Crippen LogP contribution < -0.4 is 4.90 Å². The number of hydrogen-bond acceptors (Lipinski definition) is 5. The lowest BCUT2D eigenvalue weighted by Gasteiger charge is -2.27. The molecule has 6 nitrogen and oxygen atoms in total. The topological polar surface area (TPSA) is 80.8 Å². The number of anilines is 1. The number of nitrogens with zero attached hydrogens (tertiary/aromatic N) is 1. The molecule has 3 aromatic rings. The molecule has 2 saturated heterocycles. The molecule has 168 valence electrons. The Balaban J connectivity index is 1.55. The zero-order chi connectivity index (χ0) is 23.8. The van der Waals surface area contributed by atoms with Gasteiger partial charge in [0.05, 0.1) is 23.6 Å². The molecule has 0 unspecified atom stereocenters. The Morgan fingerprint density at radius 3 is 2.09 bits per heavy atom. The third-order valence-corrected chi connectivity index (χ3v) is 7.04. The Bertz CT molecular complexity index is 1380. The first-order chi connectivity index (χ1) is 16.3. The second-order valence-electron chi connectivity index (χ2n) is 8.52. The smallest absolute Gasteiger partial charge is 0.241 e. The quantitative estimate of drug-likeness (QED) is 0.410. The maximum atomic E-state index is 13.9. The minimum Gasteiger partial charge on any atom is -0.349 e. The van der Waals surface area contributed by atoms with Crippen LogP contribution in [0.2, 0.25) is 5.02 Å². The lowest BCUT2D eigenvalue weighted by atomic mass is 9.77. The summed E-state index contributed by atoms with van der Waals surface area (Å²) in [6.45, 7) is 0. The van der Waals surface area contributed by atoms with Crippen molar-refractivity contribution >= 4 is 40.7 Å². The van der Waals surface area contributed by atoms with Crippen molar-refractivity contribution in [3.63, 3.8) is 0 Å². The largest absolute Gasteiger partial charge is 0.349 e. The van der Waals surface area contributed by atoms with Gasteiger partial charge in [0, 0.05) is 16.1 Å². The average molecular weight is 476 g/mol.